The van der Waals surface area contributed by atoms with Gasteiger partial charge in [0, 0.05) is 25.2 Å². The molecule has 3 rings (SSSR count). The number of carbonyl (C=O) groups excluding carboxylic acids is 5. The van der Waals surface area contributed by atoms with E-state index >= 15 is 0 Å². The molecule has 3 heterocycles. The molecule has 2 aliphatic heterocycles. The fourth-order valence-corrected chi connectivity index (χ4v) is 4.60. The topological polar surface area (TPSA) is 189 Å². The van der Waals surface area contributed by atoms with Crippen LogP contribution in [0.3, 0.4) is 0 Å². The Morgan fingerprint density at radius 1 is 1.40 bits per heavy atom. The van der Waals surface area contributed by atoms with Crippen molar-refractivity contribution in [2.45, 2.75) is 31.6 Å². The maximum absolute atomic E-state index is 13.1. The summed E-state index contributed by atoms with van der Waals surface area (Å²) in [6.07, 6.45) is -1.19. The molecule has 35 heavy (non-hydrogen) atoms. The van der Waals surface area contributed by atoms with Crippen LogP contribution in [0.25, 0.3) is 0 Å². The van der Waals surface area contributed by atoms with Gasteiger partial charge in [0.2, 0.25) is 12.0 Å². The number of nitrogens with zero attached hydrogens (tertiary/aromatic N) is 2. The number of fused-ring (bicyclic) bond motifs is 1. The van der Waals surface area contributed by atoms with Crippen molar-refractivity contribution in [3.63, 3.8) is 0 Å². The zero-order chi connectivity index (χ0) is 28.2. The van der Waals surface area contributed by atoms with Gasteiger partial charge in [0.1, 0.15) is 30.8 Å². The number of furan rings is 1. The van der Waals surface area contributed by atoms with Crippen molar-refractivity contribution < 1.29 is 51.6 Å². The third-order valence-corrected chi connectivity index (χ3v) is 5.97. The van der Waals surface area contributed by atoms with Crippen LogP contribution in [-0.4, -0.2) is 77.6 Å². The fourth-order valence-electron chi connectivity index (χ4n) is 3.27. The maximum atomic E-state index is 13.1. The number of hydrogen-bond acceptors (Lipinski definition) is 12. The first kappa shape index (κ1) is 21.5. The standard InChI is InChI=1S/C20H22N4O10S/c1-9(25)33-10(2)34-19(28)15-11(7-32-20(21)29)8-35-18-14(17(27)24(15)18)22-16(26)13(23-30-3)12-5-4-6-31-12/h4-6,10,14,18H,7-8H2,1-3H3,(H2,21,29)(H,22,26)/b23-13-/t10?,14-,18-/m1/s1/i3D3. The Hall–Kier alpha value is -4.01. The van der Waals surface area contributed by atoms with Crippen LogP contribution in [0, 0.1) is 0 Å². The number of ether oxygens (including phenoxy) is 3. The maximum Gasteiger partial charge on any atom is 0.404 e. The Balaban J connectivity index is 1.82. The second kappa shape index (κ2) is 10.9. The zero-order valence-electron chi connectivity index (χ0n) is 21.3. The minimum atomic E-state index is -2.95. The highest BCUT2D eigenvalue weighted by Gasteiger charge is 2.55. The van der Waals surface area contributed by atoms with E-state index in [4.69, 9.17) is 28.5 Å². The number of nitrogens with one attached hydrogen (secondary N) is 1. The van der Waals surface area contributed by atoms with Crippen LogP contribution in [-0.2, 0) is 38.2 Å². The van der Waals surface area contributed by atoms with E-state index in [1.165, 1.54) is 25.3 Å². The molecule has 15 heteroatoms. The third kappa shape index (κ3) is 5.74. The summed E-state index contributed by atoms with van der Waals surface area (Å²) >= 11 is 1.13. The molecule has 0 aliphatic carbocycles. The molecule has 14 nitrogen and oxygen atoms in total. The van der Waals surface area contributed by atoms with Gasteiger partial charge in [-0.1, -0.05) is 5.16 Å². The molecule has 1 fully saturated rings. The first-order chi connectivity index (χ1) is 17.8. The molecule has 0 bridgehead atoms. The fraction of sp³-hybridized carbons (Fsp3) is 0.400. The number of thioether (sulfide) groups is 1. The van der Waals surface area contributed by atoms with E-state index in [0.29, 0.717) is 0 Å². The van der Waals surface area contributed by atoms with Gasteiger partial charge in [-0.2, -0.15) is 0 Å². The summed E-state index contributed by atoms with van der Waals surface area (Å²) in [7, 11) is -2.95. The van der Waals surface area contributed by atoms with E-state index in [0.717, 1.165) is 23.6 Å². The Labute approximate surface area is 206 Å². The molecule has 1 unspecified atom stereocenters. The summed E-state index contributed by atoms with van der Waals surface area (Å²) in [5.41, 5.74) is 4.39. The molecule has 0 saturated carbocycles. The molecule has 1 aromatic heterocycles. The summed E-state index contributed by atoms with van der Waals surface area (Å²) in [6.45, 7) is 1.97. The smallest absolute Gasteiger partial charge is 0.404 e. The Morgan fingerprint density at radius 3 is 2.80 bits per heavy atom. The minimum absolute atomic E-state index is 0.0712. The van der Waals surface area contributed by atoms with E-state index in [-0.39, 0.29) is 22.8 Å². The van der Waals surface area contributed by atoms with Crippen LogP contribution in [0.2, 0.25) is 0 Å². The minimum Gasteiger partial charge on any atom is -0.462 e. The number of β-lactam (4-membered cyclic amide) rings is 1. The van der Waals surface area contributed by atoms with Crippen LogP contribution in [0.4, 0.5) is 4.79 Å². The number of hydrogen-bond donors (Lipinski definition) is 2. The Morgan fingerprint density at radius 2 is 2.17 bits per heavy atom. The molecule has 0 aromatic carbocycles. The number of rotatable bonds is 9. The number of oxime groups is 1. The quantitative estimate of drug-likeness (QED) is 0.147. The predicted molar refractivity (Wildman–Crippen MR) is 117 cm³/mol. The van der Waals surface area contributed by atoms with Gasteiger partial charge in [-0.25, -0.2) is 9.59 Å². The van der Waals surface area contributed by atoms with E-state index in [9.17, 15) is 24.0 Å². The van der Waals surface area contributed by atoms with Gasteiger partial charge < -0.3 is 34.5 Å². The molecule has 1 aromatic rings. The second-order valence-electron chi connectivity index (χ2n) is 7.01. The molecule has 2 aliphatic rings. The van der Waals surface area contributed by atoms with Gasteiger partial charge in [0.15, 0.2) is 5.76 Å². The lowest BCUT2D eigenvalue weighted by Gasteiger charge is -2.49. The molecule has 0 spiro atoms. The van der Waals surface area contributed by atoms with Crippen LogP contribution in [0.15, 0.2) is 39.2 Å². The lowest BCUT2D eigenvalue weighted by molar-refractivity contribution is -0.182. The summed E-state index contributed by atoms with van der Waals surface area (Å²) < 4.78 is 41.1. The van der Waals surface area contributed by atoms with Crippen molar-refractivity contribution in [2.75, 3.05) is 19.4 Å². The molecule has 1 saturated heterocycles. The largest absolute Gasteiger partial charge is 0.462 e. The normalized spacial score (nSPS) is 21.9. The van der Waals surface area contributed by atoms with E-state index in [1.54, 1.807) is 0 Å². The van der Waals surface area contributed by atoms with Gasteiger partial charge in [0.25, 0.3) is 11.8 Å². The molecular formula is C20H22N4O10S. The molecule has 3 N–H and O–H groups in total. The van der Waals surface area contributed by atoms with Gasteiger partial charge in [0.05, 0.1) is 10.4 Å². The average molecular weight is 513 g/mol. The van der Waals surface area contributed by atoms with E-state index < -0.39 is 66.9 Å². The van der Waals surface area contributed by atoms with Gasteiger partial charge >= 0.3 is 18.0 Å². The lowest BCUT2D eigenvalue weighted by atomic mass is 10.0. The molecule has 3 amide bonds. The van der Waals surface area contributed by atoms with Crippen LogP contribution < -0.4 is 11.1 Å². The van der Waals surface area contributed by atoms with E-state index in [2.05, 4.69) is 15.3 Å². The van der Waals surface area contributed by atoms with Crippen LogP contribution in [0.1, 0.15) is 23.7 Å². The zero-order valence-corrected chi connectivity index (χ0v) is 19.2. The van der Waals surface area contributed by atoms with Gasteiger partial charge in [-0.3, -0.25) is 19.3 Å². The number of primary amides is 1. The van der Waals surface area contributed by atoms with Crippen LogP contribution in [0.5, 0.6) is 0 Å². The second-order valence-corrected chi connectivity index (χ2v) is 8.12. The SMILES string of the molecule is [2H]C([2H])([2H])O/N=C(\C(=O)N[C@@H]1C(=O)N2C(C(=O)OC(C)OC(C)=O)=C(COC(N)=O)CS[C@H]12)c1ccco1. The van der Waals surface area contributed by atoms with E-state index in [1.807, 2.05) is 0 Å². The first-order valence-corrected chi connectivity index (χ1v) is 10.9. The Bertz CT molecular complexity index is 1180. The summed E-state index contributed by atoms with van der Waals surface area (Å²) in [5.74, 6) is -3.54. The number of carbonyl (C=O) groups is 5. The molecular weight excluding hydrogens is 488 g/mol. The highest BCUT2D eigenvalue weighted by molar-refractivity contribution is 8.00. The third-order valence-electron chi connectivity index (χ3n) is 4.63. The highest BCUT2D eigenvalue weighted by Crippen LogP contribution is 2.41. The lowest BCUT2D eigenvalue weighted by Crippen LogP contribution is -2.71. The van der Waals surface area contributed by atoms with Gasteiger partial charge in [-0.05, 0) is 12.1 Å². The predicted octanol–water partition coefficient (Wildman–Crippen LogP) is -0.168. The van der Waals surface area contributed by atoms with Crippen molar-refractivity contribution in [1.29, 1.82) is 0 Å². The molecule has 188 valence electrons. The highest BCUT2D eigenvalue weighted by atomic mass is 32.2. The number of esters is 2. The summed E-state index contributed by atoms with van der Waals surface area (Å²) in [4.78, 5) is 66.6. The van der Waals surface area contributed by atoms with Crippen molar-refractivity contribution in [3.05, 3.63) is 35.4 Å². The number of nitrogens with two attached hydrogens (primary N) is 1. The molecule has 3 atom stereocenters. The molecule has 0 radical (unpaired) electrons. The first-order valence-electron chi connectivity index (χ1n) is 11.4. The van der Waals surface area contributed by atoms with Crippen molar-refractivity contribution in [2.24, 2.45) is 10.9 Å². The van der Waals surface area contributed by atoms with Crippen molar-refractivity contribution in [1.82, 2.24) is 10.2 Å². The summed E-state index contributed by atoms with van der Waals surface area (Å²) in [5, 5.41) is 4.98. The number of amides is 3. The average Bonchev–Trinajstić information content (AvgIpc) is 3.33. The Kier molecular flexibility index (Phi) is 6.73. The van der Waals surface area contributed by atoms with Crippen LogP contribution >= 0.6 is 11.8 Å². The van der Waals surface area contributed by atoms with Gasteiger partial charge in [-0.15, -0.1) is 11.8 Å². The van der Waals surface area contributed by atoms with Crippen molar-refractivity contribution in [3.8, 4) is 0 Å². The monoisotopic (exact) mass is 513 g/mol. The summed E-state index contributed by atoms with van der Waals surface area (Å²) in [6, 6.07) is 1.58. The van der Waals surface area contributed by atoms with Crippen molar-refractivity contribution >= 4 is 47.3 Å².